The molecule has 0 spiro atoms. The molecule has 0 aromatic carbocycles. The monoisotopic (exact) mass is 267 g/mol. The second-order valence-corrected chi connectivity index (χ2v) is 4.48. The van der Waals surface area contributed by atoms with Crippen molar-refractivity contribution in [2.24, 2.45) is 0 Å². The van der Waals surface area contributed by atoms with Gasteiger partial charge in [0.1, 0.15) is 0 Å². The topological polar surface area (TPSA) is 78.0 Å². The Hall–Kier alpha value is -1.76. The lowest BCUT2D eigenvalue weighted by molar-refractivity contribution is 0.344. The van der Waals surface area contributed by atoms with Crippen molar-refractivity contribution >= 4 is 22.4 Å². The van der Waals surface area contributed by atoms with Crippen molar-refractivity contribution in [3.8, 4) is 5.75 Å². The molecule has 0 aliphatic heterocycles. The van der Waals surface area contributed by atoms with Crippen molar-refractivity contribution < 1.29 is 4.74 Å². The van der Waals surface area contributed by atoms with Crippen molar-refractivity contribution in [1.82, 2.24) is 14.2 Å². The van der Waals surface area contributed by atoms with Gasteiger partial charge in [0, 0.05) is 25.5 Å². The van der Waals surface area contributed by atoms with E-state index in [-0.39, 0.29) is 0 Å². The maximum Gasteiger partial charge on any atom is 0.197 e. The summed E-state index contributed by atoms with van der Waals surface area (Å²) in [5, 5.41) is 8.34. The number of nitrogens with two attached hydrogens (primary N) is 1. The van der Waals surface area contributed by atoms with E-state index in [1.165, 1.54) is 11.5 Å². The minimum absolute atomic E-state index is 0.455. The van der Waals surface area contributed by atoms with Crippen LogP contribution in [0.5, 0.6) is 5.75 Å². The molecule has 0 aliphatic carbocycles. The molecule has 0 unspecified atom stereocenters. The van der Waals surface area contributed by atoms with Gasteiger partial charge in [-0.05, 0) is 30.9 Å². The van der Waals surface area contributed by atoms with Gasteiger partial charge in [0.25, 0.3) is 0 Å². The molecular weight excluding hydrogens is 250 g/mol. The Morgan fingerprint density at radius 1 is 1.56 bits per heavy atom. The number of nitrogen functional groups attached to an aromatic ring is 1. The van der Waals surface area contributed by atoms with Crippen molar-refractivity contribution in [3.63, 3.8) is 0 Å². The second-order valence-electron chi connectivity index (χ2n) is 3.71. The lowest BCUT2D eigenvalue weighted by Gasteiger charge is -2.07. The van der Waals surface area contributed by atoms with Gasteiger partial charge in [-0.3, -0.25) is 4.68 Å². The van der Waals surface area contributed by atoms with E-state index in [1.807, 2.05) is 23.9 Å². The summed E-state index contributed by atoms with van der Waals surface area (Å²) in [6, 6.07) is 1.92. The lowest BCUT2D eigenvalue weighted by atomic mass is 10.4. The predicted molar refractivity (Wildman–Crippen MR) is 73.0 cm³/mol. The maximum atomic E-state index is 5.73. The fourth-order valence-electron chi connectivity index (χ4n) is 1.57. The van der Waals surface area contributed by atoms with Gasteiger partial charge in [-0.1, -0.05) is 0 Å². The predicted octanol–water partition coefficient (Wildman–Crippen LogP) is 1.82. The minimum atomic E-state index is 0.455. The zero-order valence-electron chi connectivity index (χ0n) is 10.3. The summed E-state index contributed by atoms with van der Waals surface area (Å²) in [6.07, 6.45) is 4.71. The van der Waals surface area contributed by atoms with E-state index in [0.29, 0.717) is 18.2 Å². The first kappa shape index (κ1) is 12.7. The van der Waals surface area contributed by atoms with E-state index in [1.54, 1.807) is 6.20 Å². The van der Waals surface area contributed by atoms with E-state index in [9.17, 15) is 0 Å². The molecule has 3 N–H and O–H groups in total. The molecule has 6 nitrogen and oxygen atoms in total. The van der Waals surface area contributed by atoms with Crippen LogP contribution in [-0.2, 0) is 6.54 Å². The van der Waals surface area contributed by atoms with Crippen LogP contribution in [0, 0.1) is 0 Å². The Balaban J connectivity index is 1.79. The van der Waals surface area contributed by atoms with Gasteiger partial charge < -0.3 is 15.8 Å². The molecule has 0 atom stereocenters. The SMILES string of the molecule is CCOc1c(N)nsc1NCCCn1cccn1. The summed E-state index contributed by atoms with van der Waals surface area (Å²) in [5.74, 6) is 1.12. The summed E-state index contributed by atoms with van der Waals surface area (Å²) in [4.78, 5) is 0. The quantitative estimate of drug-likeness (QED) is 0.748. The van der Waals surface area contributed by atoms with Crippen LogP contribution in [0.2, 0.25) is 0 Å². The van der Waals surface area contributed by atoms with E-state index in [4.69, 9.17) is 10.5 Å². The van der Waals surface area contributed by atoms with Crippen LogP contribution in [0.25, 0.3) is 0 Å². The Morgan fingerprint density at radius 2 is 2.44 bits per heavy atom. The standard InChI is InChI=1S/C11H17N5OS/c1-2-17-9-10(12)15-18-11(9)13-5-3-7-16-8-4-6-14-16/h4,6,8,13H,2-3,5,7H2,1H3,(H2,12,15). The van der Waals surface area contributed by atoms with Crippen LogP contribution in [0.1, 0.15) is 13.3 Å². The summed E-state index contributed by atoms with van der Waals surface area (Å²) in [7, 11) is 0. The largest absolute Gasteiger partial charge is 0.487 e. The number of hydrogen-bond acceptors (Lipinski definition) is 6. The minimum Gasteiger partial charge on any atom is -0.487 e. The first-order valence-electron chi connectivity index (χ1n) is 5.90. The maximum absolute atomic E-state index is 5.73. The van der Waals surface area contributed by atoms with Gasteiger partial charge in [0.15, 0.2) is 16.6 Å². The van der Waals surface area contributed by atoms with Gasteiger partial charge in [-0.15, -0.1) is 0 Å². The first-order valence-corrected chi connectivity index (χ1v) is 6.68. The smallest absolute Gasteiger partial charge is 0.197 e. The Morgan fingerprint density at radius 3 is 3.17 bits per heavy atom. The highest BCUT2D eigenvalue weighted by Crippen LogP contribution is 2.34. The summed E-state index contributed by atoms with van der Waals surface area (Å²) in [5.41, 5.74) is 5.73. The van der Waals surface area contributed by atoms with Crippen molar-refractivity contribution in [2.75, 3.05) is 24.2 Å². The number of aromatic nitrogens is 3. The normalized spacial score (nSPS) is 10.5. The van der Waals surface area contributed by atoms with Gasteiger partial charge in [-0.2, -0.15) is 9.47 Å². The molecule has 0 fully saturated rings. The van der Waals surface area contributed by atoms with Gasteiger partial charge >= 0.3 is 0 Å². The number of nitrogens with zero attached hydrogens (tertiary/aromatic N) is 3. The molecule has 0 bridgehead atoms. The van der Waals surface area contributed by atoms with E-state index in [0.717, 1.165) is 24.5 Å². The van der Waals surface area contributed by atoms with Crippen LogP contribution in [0.3, 0.4) is 0 Å². The Labute approximate surface area is 110 Å². The fraction of sp³-hybridized carbons (Fsp3) is 0.455. The molecule has 0 amide bonds. The molecule has 0 saturated carbocycles. The second kappa shape index (κ2) is 6.25. The summed E-state index contributed by atoms with van der Waals surface area (Å²) >= 11 is 1.33. The van der Waals surface area contributed by atoms with E-state index >= 15 is 0 Å². The highest BCUT2D eigenvalue weighted by molar-refractivity contribution is 7.11. The van der Waals surface area contributed by atoms with Crippen LogP contribution in [0.15, 0.2) is 18.5 Å². The first-order chi connectivity index (χ1) is 8.81. The zero-order valence-corrected chi connectivity index (χ0v) is 11.1. The number of hydrogen-bond donors (Lipinski definition) is 2. The van der Waals surface area contributed by atoms with Crippen molar-refractivity contribution in [3.05, 3.63) is 18.5 Å². The molecule has 2 aromatic rings. The third-order valence-corrected chi connectivity index (χ3v) is 3.17. The average Bonchev–Trinajstić information content (AvgIpc) is 2.98. The Kier molecular flexibility index (Phi) is 4.40. The zero-order chi connectivity index (χ0) is 12.8. The summed E-state index contributed by atoms with van der Waals surface area (Å²) in [6.45, 7) is 4.24. The molecule has 0 aliphatic rings. The molecule has 2 heterocycles. The fourth-order valence-corrected chi connectivity index (χ4v) is 2.25. The third kappa shape index (κ3) is 3.13. The molecule has 2 aromatic heterocycles. The van der Waals surface area contributed by atoms with E-state index in [2.05, 4.69) is 14.8 Å². The molecule has 98 valence electrons. The lowest BCUT2D eigenvalue weighted by Crippen LogP contribution is -2.07. The number of aryl methyl sites for hydroxylation is 1. The van der Waals surface area contributed by atoms with Crippen LogP contribution >= 0.6 is 11.5 Å². The molecule has 7 heteroatoms. The van der Waals surface area contributed by atoms with Gasteiger partial charge in [0.2, 0.25) is 0 Å². The number of anilines is 2. The van der Waals surface area contributed by atoms with Crippen molar-refractivity contribution in [2.45, 2.75) is 19.9 Å². The Bertz CT molecular complexity index is 468. The number of nitrogens with one attached hydrogen (secondary N) is 1. The average molecular weight is 267 g/mol. The molecular formula is C11H17N5OS. The van der Waals surface area contributed by atoms with Gasteiger partial charge in [-0.25, -0.2) is 0 Å². The van der Waals surface area contributed by atoms with Gasteiger partial charge in [0.05, 0.1) is 6.61 Å². The highest BCUT2D eigenvalue weighted by Gasteiger charge is 2.11. The molecule has 18 heavy (non-hydrogen) atoms. The van der Waals surface area contributed by atoms with Crippen LogP contribution in [-0.4, -0.2) is 27.3 Å². The van der Waals surface area contributed by atoms with Crippen molar-refractivity contribution in [1.29, 1.82) is 0 Å². The summed E-state index contributed by atoms with van der Waals surface area (Å²) < 4.78 is 11.4. The van der Waals surface area contributed by atoms with Crippen LogP contribution in [0.4, 0.5) is 10.8 Å². The van der Waals surface area contributed by atoms with Crippen LogP contribution < -0.4 is 15.8 Å². The molecule has 2 rings (SSSR count). The highest BCUT2D eigenvalue weighted by atomic mass is 32.1. The molecule has 0 radical (unpaired) electrons. The molecule has 0 saturated heterocycles. The number of rotatable bonds is 7. The number of ether oxygens (including phenoxy) is 1. The van der Waals surface area contributed by atoms with E-state index < -0.39 is 0 Å². The third-order valence-electron chi connectivity index (χ3n) is 2.37.